The maximum atomic E-state index is 5.89. The molecule has 0 aliphatic heterocycles. The molecule has 2 rings (SSSR count). The molecule has 0 fully saturated rings. The maximum absolute atomic E-state index is 5.89. The van der Waals surface area contributed by atoms with Crippen LogP contribution in [0.15, 0.2) is 47.6 Å². The van der Waals surface area contributed by atoms with Gasteiger partial charge in [0, 0.05) is 18.4 Å². The number of rotatable bonds is 5. The summed E-state index contributed by atoms with van der Waals surface area (Å²) in [5.41, 5.74) is 8.85. The van der Waals surface area contributed by atoms with Crippen LogP contribution in [0.3, 0.4) is 0 Å². The first-order valence-corrected chi connectivity index (χ1v) is 6.80. The first-order chi connectivity index (χ1) is 10.2. The lowest BCUT2D eigenvalue weighted by atomic mass is 10.2. The molecule has 0 radical (unpaired) electrons. The van der Waals surface area contributed by atoms with Crippen LogP contribution in [0.5, 0.6) is 5.75 Å². The van der Waals surface area contributed by atoms with Crippen LogP contribution in [-0.4, -0.2) is 24.6 Å². The lowest BCUT2D eigenvalue weighted by Gasteiger charge is -2.10. The van der Waals surface area contributed by atoms with Crippen molar-refractivity contribution in [1.82, 2.24) is 4.98 Å². The summed E-state index contributed by atoms with van der Waals surface area (Å²) in [5, 5.41) is 3.04. The highest BCUT2D eigenvalue weighted by Crippen LogP contribution is 2.22. The number of aromatic nitrogens is 1. The topological polar surface area (TPSA) is 72.5 Å². The summed E-state index contributed by atoms with van der Waals surface area (Å²) in [5.74, 6) is 1.11. The lowest BCUT2D eigenvalue weighted by Crippen LogP contribution is -2.23. The second-order valence-electron chi connectivity index (χ2n) is 4.65. The molecular formula is C16H20N4O. The molecule has 2 aromatic rings. The Morgan fingerprint density at radius 2 is 2.10 bits per heavy atom. The summed E-state index contributed by atoms with van der Waals surface area (Å²) < 4.78 is 5.25. The molecule has 0 atom stereocenters. The van der Waals surface area contributed by atoms with Crippen LogP contribution in [-0.2, 0) is 6.42 Å². The van der Waals surface area contributed by atoms with E-state index >= 15 is 0 Å². The van der Waals surface area contributed by atoms with Crippen LogP contribution in [0.1, 0.15) is 11.3 Å². The van der Waals surface area contributed by atoms with E-state index in [1.807, 2.05) is 43.5 Å². The second-order valence-corrected chi connectivity index (χ2v) is 4.65. The number of nitrogens with one attached hydrogen (secondary N) is 1. The molecule has 5 heteroatoms. The number of pyridine rings is 1. The van der Waals surface area contributed by atoms with Gasteiger partial charge in [0.15, 0.2) is 5.96 Å². The molecule has 0 aliphatic carbocycles. The fraction of sp³-hybridized carbons (Fsp3) is 0.250. The number of hydrogen-bond acceptors (Lipinski definition) is 3. The Labute approximate surface area is 124 Å². The van der Waals surface area contributed by atoms with Gasteiger partial charge in [-0.2, -0.15) is 0 Å². The van der Waals surface area contributed by atoms with Crippen molar-refractivity contribution in [2.24, 2.45) is 10.7 Å². The van der Waals surface area contributed by atoms with Crippen LogP contribution in [0.2, 0.25) is 0 Å². The van der Waals surface area contributed by atoms with Crippen LogP contribution >= 0.6 is 0 Å². The highest BCUT2D eigenvalue weighted by molar-refractivity contribution is 5.93. The van der Waals surface area contributed by atoms with Crippen LogP contribution in [0.4, 0.5) is 5.69 Å². The number of nitrogens with two attached hydrogens (primary N) is 1. The maximum Gasteiger partial charge on any atom is 0.193 e. The number of para-hydroxylation sites is 2. The Balaban J connectivity index is 1.90. The van der Waals surface area contributed by atoms with E-state index < -0.39 is 0 Å². The molecule has 1 heterocycles. The molecule has 5 nitrogen and oxygen atoms in total. The van der Waals surface area contributed by atoms with E-state index in [2.05, 4.69) is 21.4 Å². The third-order valence-corrected chi connectivity index (χ3v) is 3.02. The lowest BCUT2D eigenvalue weighted by molar-refractivity contribution is 0.417. The van der Waals surface area contributed by atoms with Crippen molar-refractivity contribution >= 4 is 11.6 Å². The van der Waals surface area contributed by atoms with Crippen molar-refractivity contribution in [2.45, 2.75) is 13.3 Å². The number of anilines is 1. The van der Waals surface area contributed by atoms with E-state index in [9.17, 15) is 0 Å². The predicted octanol–water partition coefficient (Wildman–Crippen LogP) is 2.37. The molecule has 0 saturated heterocycles. The molecule has 0 aliphatic rings. The van der Waals surface area contributed by atoms with Crippen molar-refractivity contribution < 1.29 is 4.74 Å². The van der Waals surface area contributed by atoms with Crippen LogP contribution < -0.4 is 15.8 Å². The Morgan fingerprint density at radius 3 is 2.81 bits per heavy atom. The monoisotopic (exact) mass is 284 g/mol. The normalized spacial score (nSPS) is 11.2. The Bertz CT molecular complexity index is 608. The van der Waals surface area contributed by atoms with Gasteiger partial charge in [0.2, 0.25) is 0 Å². The van der Waals surface area contributed by atoms with Gasteiger partial charge in [0.25, 0.3) is 0 Å². The van der Waals surface area contributed by atoms with Gasteiger partial charge in [-0.15, -0.1) is 0 Å². The summed E-state index contributed by atoms with van der Waals surface area (Å²) in [7, 11) is 1.62. The second kappa shape index (κ2) is 7.28. The van der Waals surface area contributed by atoms with E-state index in [1.54, 1.807) is 7.11 Å². The van der Waals surface area contributed by atoms with E-state index in [0.29, 0.717) is 12.5 Å². The quantitative estimate of drug-likeness (QED) is 0.653. The molecule has 0 unspecified atom stereocenters. The number of aryl methyl sites for hydroxylation is 1. The van der Waals surface area contributed by atoms with Crippen molar-refractivity contribution in [3.05, 3.63) is 53.9 Å². The number of ether oxygens (including phenoxy) is 1. The average molecular weight is 284 g/mol. The average Bonchev–Trinajstić information content (AvgIpc) is 2.50. The fourth-order valence-corrected chi connectivity index (χ4v) is 1.88. The number of aliphatic imine (C=N–C) groups is 1. The molecule has 0 spiro atoms. The molecule has 1 aromatic carbocycles. The molecule has 0 bridgehead atoms. The zero-order valence-electron chi connectivity index (χ0n) is 12.3. The van der Waals surface area contributed by atoms with Gasteiger partial charge in [0.05, 0.1) is 12.8 Å². The van der Waals surface area contributed by atoms with Gasteiger partial charge >= 0.3 is 0 Å². The van der Waals surface area contributed by atoms with Crippen LogP contribution in [0, 0.1) is 6.92 Å². The zero-order valence-corrected chi connectivity index (χ0v) is 12.3. The molecular weight excluding hydrogens is 264 g/mol. The predicted molar refractivity (Wildman–Crippen MR) is 85.8 cm³/mol. The van der Waals surface area contributed by atoms with Gasteiger partial charge in [-0.1, -0.05) is 18.2 Å². The minimum atomic E-state index is 0.375. The molecule has 3 N–H and O–H groups in total. The minimum Gasteiger partial charge on any atom is -0.495 e. The Kier molecular flexibility index (Phi) is 5.15. The van der Waals surface area contributed by atoms with Gasteiger partial charge in [-0.3, -0.25) is 9.98 Å². The van der Waals surface area contributed by atoms with Gasteiger partial charge in [0.1, 0.15) is 5.75 Å². The van der Waals surface area contributed by atoms with E-state index in [0.717, 1.165) is 29.1 Å². The highest BCUT2D eigenvalue weighted by atomic mass is 16.5. The number of hydrogen-bond donors (Lipinski definition) is 2. The first kappa shape index (κ1) is 14.8. The number of nitrogens with zero attached hydrogens (tertiary/aromatic N) is 2. The molecule has 0 saturated carbocycles. The summed E-state index contributed by atoms with van der Waals surface area (Å²) in [4.78, 5) is 8.57. The largest absolute Gasteiger partial charge is 0.495 e. The van der Waals surface area contributed by atoms with Crippen molar-refractivity contribution in [3.8, 4) is 5.75 Å². The van der Waals surface area contributed by atoms with Crippen molar-refractivity contribution in [1.29, 1.82) is 0 Å². The summed E-state index contributed by atoms with van der Waals surface area (Å²) in [6, 6.07) is 11.6. The summed E-state index contributed by atoms with van der Waals surface area (Å²) in [6.07, 6.45) is 2.68. The standard InChI is InChI=1S/C16H20N4O/c1-12-7-8-13(11-19-12)9-10-18-16(17)20-14-5-3-4-6-15(14)21-2/h3-8,11H,9-10H2,1-2H3,(H3,17,18,20). The molecule has 0 amide bonds. The number of benzene rings is 1. The first-order valence-electron chi connectivity index (χ1n) is 6.80. The Morgan fingerprint density at radius 1 is 1.29 bits per heavy atom. The smallest absolute Gasteiger partial charge is 0.193 e. The van der Waals surface area contributed by atoms with E-state index in [-0.39, 0.29) is 0 Å². The number of methoxy groups -OCH3 is 1. The number of guanidine groups is 1. The molecule has 110 valence electrons. The van der Waals surface area contributed by atoms with Gasteiger partial charge in [-0.05, 0) is 37.1 Å². The third kappa shape index (κ3) is 4.49. The van der Waals surface area contributed by atoms with Crippen LogP contribution in [0.25, 0.3) is 0 Å². The SMILES string of the molecule is COc1ccccc1NC(N)=NCCc1ccc(C)nc1. The molecule has 1 aromatic heterocycles. The van der Waals surface area contributed by atoms with E-state index in [4.69, 9.17) is 10.5 Å². The molecule has 21 heavy (non-hydrogen) atoms. The highest BCUT2D eigenvalue weighted by Gasteiger charge is 2.02. The Hall–Kier alpha value is -2.56. The third-order valence-electron chi connectivity index (χ3n) is 3.02. The van der Waals surface area contributed by atoms with E-state index in [1.165, 1.54) is 0 Å². The summed E-state index contributed by atoms with van der Waals surface area (Å²) in [6.45, 7) is 2.58. The van der Waals surface area contributed by atoms with Gasteiger partial charge < -0.3 is 15.8 Å². The zero-order chi connectivity index (χ0) is 15.1. The van der Waals surface area contributed by atoms with Gasteiger partial charge in [-0.25, -0.2) is 0 Å². The van der Waals surface area contributed by atoms with Crippen molar-refractivity contribution in [3.63, 3.8) is 0 Å². The minimum absolute atomic E-state index is 0.375. The fourth-order valence-electron chi connectivity index (χ4n) is 1.88. The summed E-state index contributed by atoms with van der Waals surface area (Å²) >= 11 is 0. The van der Waals surface area contributed by atoms with Crippen molar-refractivity contribution in [2.75, 3.05) is 19.0 Å².